The molecule has 0 atom stereocenters. The molecule has 1 fully saturated rings. The Morgan fingerprint density at radius 3 is 2.67 bits per heavy atom. The van der Waals surface area contributed by atoms with Crippen LogP contribution in [0.2, 0.25) is 0 Å². The first kappa shape index (κ1) is 17.0. The number of hydrogen-bond donors (Lipinski definition) is 1. The van der Waals surface area contributed by atoms with E-state index >= 15 is 0 Å². The van der Waals surface area contributed by atoms with Gasteiger partial charge < -0.3 is 5.32 Å². The van der Waals surface area contributed by atoms with Crippen molar-refractivity contribution in [3.05, 3.63) is 21.4 Å². The van der Waals surface area contributed by atoms with Crippen molar-refractivity contribution in [1.82, 2.24) is 10.2 Å². The largest absolute Gasteiger partial charge is 0.312 e. The van der Waals surface area contributed by atoms with Crippen LogP contribution >= 0.6 is 11.3 Å². The molecule has 0 aromatic carbocycles. The van der Waals surface area contributed by atoms with Crippen molar-refractivity contribution in [2.24, 2.45) is 11.8 Å². The SMILES string of the molecule is CCCNCc1cc(CN2CCC(C(C)C)CC2)c(C)s1. The summed E-state index contributed by atoms with van der Waals surface area (Å²) >= 11 is 1.97. The second-order valence-corrected chi connectivity index (χ2v) is 8.17. The highest BCUT2D eigenvalue weighted by Gasteiger charge is 2.22. The zero-order valence-electron chi connectivity index (χ0n) is 14.2. The number of nitrogens with one attached hydrogen (secondary N) is 1. The van der Waals surface area contributed by atoms with Crippen LogP contribution in [0.5, 0.6) is 0 Å². The lowest BCUT2D eigenvalue weighted by Crippen LogP contribution is -2.34. The third-order valence-corrected chi connectivity index (χ3v) is 5.86. The minimum Gasteiger partial charge on any atom is -0.312 e. The minimum absolute atomic E-state index is 0.853. The predicted molar refractivity (Wildman–Crippen MR) is 93.9 cm³/mol. The van der Waals surface area contributed by atoms with Crippen LogP contribution in [0.1, 0.15) is 55.4 Å². The molecule has 2 rings (SSSR count). The molecule has 2 heterocycles. The van der Waals surface area contributed by atoms with Crippen molar-refractivity contribution in [1.29, 1.82) is 0 Å². The highest BCUT2D eigenvalue weighted by molar-refractivity contribution is 7.12. The molecular weight excluding hydrogens is 276 g/mol. The van der Waals surface area contributed by atoms with Gasteiger partial charge in [0.2, 0.25) is 0 Å². The maximum Gasteiger partial charge on any atom is 0.0299 e. The second kappa shape index (κ2) is 8.30. The lowest BCUT2D eigenvalue weighted by Gasteiger charge is -2.33. The van der Waals surface area contributed by atoms with Crippen molar-refractivity contribution >= 4 is 11.3 Å². The van der Waals surface area contributed by atoms with Crippen molar-refractivity contribution in [2.75, 3.05) is 19.6 Å². The van der Waals surface area contributed by atoms with Gasteiger partial charge in [-0.25, -0.2) is 0 Å². The highest BCUT2D eigenvalue weighted by atomic mass is 32.1. The number of aryl methyl sites for hydroxylation is 1. The van der Waals surface area contributed by atoms with E-state index in [1.165, 1.54) is 42.1 Å². The standard InChI is InChI=1S/C18H32N2S/c1-5-8-19-12-18-11-17(15(4)21-18)13-20-9-6-16(7-10-20)14(2)3/h11,14,16,19H,5-10,12-13H2,1-4H3. The molecule has 0 aliphatic carbocycles. The van der Waals surface area contributed by atoms with E-state index in [4.69, 9.17) is 0 Å². The van der Waals surface area contributed by atoms with Crippen LogP contribution in [-0.4, -0.2) is 24.5 Å². The first-order chi connectivity index (χ1) is 10.1. The van der Waals surface area contributed by atoms with Gasteiger partial charge in [0.05, 0.1) is 0 Å². The van der Waals surface area contributed by atoms with Crippen molar-refractivity contribution in [3.8, 4) is 0 Å². The molecule has 0 bridgehead atoms. The number of rotatable bonds is 7. The van der Waals surface area contributed by atoms with E-state index in [1.807, 2.05) is 11.3 Å². The summed E-state index contributed by atoms with van der Waals surface area (Å²) in [5.74, 6) is 1.80. The van der Waals surface area contributed by atoms with Gasteiger partial charge in [-0.15, -0.1) is 11.3 Å². The van der Waals surface area contributed by atoms with Gasteiger partial charge in [-0.2, -0.15) is 0 Å². The average Bonchev–Trinajstić information content (AvgIpc) is 2.80. The smallest absolute Gasteiger partial charge is 0.0299 e. The van der Waals surface area contributed by atoms with Crippen molar-refractivity contribution < 1.29 is 0 Å². The summed E-state index contributed by atoms with van der Waals surface area (Å²) in [6.07, 6.45) is 3.97. The molecule has 1 aromatic rings. The first-order valence-electron chi connectivity index (χ1n) is 8.61. The summed E-state index contributed by atoms with van der Waals surface area (Å²) in [5.41, 5.74) is 1.55. The summed E-state index contributed by atoms with van der Waals surface area (Å²) < 4.78 is 0. The van der Waals surface area contributed by atoms with E-state index in [0.29, 0.717) is 0 Å². The Bertz CT molecular complexity index is 417. The molecule has 120 valence electrons. The van der Waals surface area contributed by atoms with Gasteiger partial charge >= 0.3 is 0 Å². The van der Waals surface area contributed by atoms with Crippen LogP contribution < -0.4 is 5.32 Å². The van der Waals surface area contributed by atoms with Crippen LogP contribution in [-0.2, 0) is 13.1 Å². The molecule has 0 radical (unpaired) electrons. The van der Waals surface area contributed by atoms with Gasteiger partial charge in [-0.05, 0) is 69.3 Å². The van der Waals surface area contributed by atoms with E-state index in [-0.39, 0.29) is 0 Å². The zero-order chi connectivity index (χ0) is 15.2. The molecule has 0 amide bonds. The number of nitrogens with zero attached hydrogens (tertiary/aromatic N) is 1. The Kier molecular flexibility index (Phi) is 6.72. The van der Waals surface area contributed by atoms with Gasteiger partial charge in [0, 0.05) is 22.8 Å². The molecule has 21 heavy (non-hydrogen) atoms. The Morgan fingerprint density at radius 1 is 1.33 bits per heavy atom. The van der Waals surface area contributed by atoms with E-state index in [0.717, 1.165) is 31.5 Å². The van der Waals surface area contributed by atoms with Crippen LogP contribution in [0, 0.1) is 18.8 Å². The fraction of sp³-hybridized carbons (Fsp3) is 0.778. The third-order valence-electron chi connectivity index (χ3n) is 4.77. The average molecular weight is 309 g/mol. The molecule has 0 saturated carbocycles. The summed E-state index contributed by atoms with van der Waals surface area (Å²) in [5, 5.41) is 3.51. The Balaban J connectivity index is 1.83. The molecule has 3 heteroatoms. The van der Waals surface area contributed by atoms with E-state index in [1.54, 1.807) is 5.56 Å². The van der Waals surface area contributed by atoms with Crippen LogP contribution in [0.4, 0.5) is 0 Å². The Morgan fingerprint density at radius 2 is 2.05 bits per heavy atom. The molecule has 1 saturated heterocycles. The molecule has 1 aliphatic heterocycles. The number of likely N-dealkylation sites (tertiary alicyclic amines) is 1. The number of piperidine rings is 1. The Hall–Kier alpha value is -0.380. The Labute approximate surface area is 134 Å². The van der Waals surface area contributed by atoms with Gasteiger partial charge in [-0.1, -0.05) is 20.8 Å². The molecular formula is C18H32N2S. The van der Waals surface area contributed by atoms with Gasteiger partial charge in [-0.3, -0.25) is 4.90 Å². The molecule has 0 unspecified atom stereocenters. The quantitative estimate of drug-likeness (QED) is 0.750. The second-order valence-electron chi connectivity index (χ2n) is 6.83. The predicted octanol–water partition coefficient (Wildman–Crippen LogP) is 4.42. The van der Waals surface area contributed by atoms with Gasteiger partial charge in [0.1, 0.15) is 0 Å². The van der Waals surface area contributed by atoms with Crippen LogP contribution in [0.25, 0.3) is 0 Å². The molecule has 1 N–H and O–H groups in total. The number of hydrogen-bond acceptors (Lipinski definition) is 3. The van der Waals surface area contributed by atoms with E-state index < -0.39 is 0 Å². The van der Waals surface area contributed by atoms with E-state index in [2.05, 4.69) is 44.0 Å². The van der Waals surface area contributed by atoms with Crippen LogP contribution in [0.3, 0.4) is 0 Å². The maximum atomic E-state index is 3.51. The monoisotopic (exact) mass is 308 g/mol. The summed E-state index contributed by atoms with van der Waals surface area (Å²) in [6.45, 7) is 15.1. The normalized spacial score (nSPS) is 17.8. The van der Waals surface area contributed by atoms with Crippen molar-refractivity contribution in [3.63, 3.8) is 0 Å². The zero-order valence-corrected chi connectivity index (χ0v) is 15.1. The molecule has 0 spiro atoms. The minimum atomic E-state index is 0.853. The van der Waals surface area contributed by atoms with E-state index in [9.17, 15) is 0 Å². The molecule has 1 aromatic heterocycles. The lowest BCUT2D eigenvalue weighted by atomic mass is 9.86. The summed E-state index contributed by atoms with van der Waals surface area (Å²) in [6, 6.07) is 2.43. The molecule has 1 aliphatic rings. The van der Waals surface area contributed by atoms with Crippen molar-refractivity contribution in [2.45, 2.75) is 60.0 Å². The lowest BCUT2D eigenvalue weighted by molar-refractivity contribution is 0.152. The fourth-order valence-electron chi connectivity index (χ4n) is 3.24. The topological polar surface area (TPSA) is 15.3 Å². The summed E-state index contributed by atoms with van der Waals surface area (Å²) in [4.78, 5) is 5.65. The third kappa shape index (κ3) is 5.08. The van der Waals surface area contributed by atoms with Gasteiger partial charge in [0.25, 0.3) is 0 Å². The summed E-state index contributed by atoms with van der Waals surface area (Å²) in [7, 11) is 0. The maximum absolute atomic E-state index is 3.51. The number of thiophene rings is 1. The first-order valence-corrected chi connectivity index (χ1v) is 9.43. The molecule has 2 nitrogen and oxygen atoms in total. The van der Waals surface area contributed by atoms with Gasteiger partial charge in [0.15, 0.2) is 0 Å². The highest BCUT2D eigenvalue weighted by Crippen LogP contribution is 2.27. The fourth-order valence-corrected chi connectivity index (χ4v) is 4.26. The van der Waals surface area contributed by atoms with Crippen LogP contribution in [0.15, 0.2) is 6.07 Å².